The SMILES string of the molecule is C=C(/C=C(\C)C/C(C)=C/Cc1[nH]c(OC)c(OC)c(=O)c1C)[C@H]1[C@H](C)[C@@H](O)[C@@](C)(O)[C@H]1/C(C)=C/C. The lowest BCUT2D eigenvalue weighted by atomic mass is 9.76. The van der Waals surface area contributed by atoms with E-state index < -0.39 is 11.7 Å². The number of pyridine rings is 1. The molecule has 3 N–H and O–H groups in total. The molecule has 0 amide bonds. The molecule has 2 rings (SSSR count). The van der Waals surface area contributed by atoms with Crippen molar-refractivity contribution in [2.45, 2.75) is 73.0 Å². The number of aromatic nitrogens is 1. The largest absolute Gasteiger partial charge is 0.488 e. The van der Waals surface area contributed by atoms with Crippen molar-refractivity contribution >= 4 is 0 Å². The zero-order valence-electron chi connectivity index (χ0n) is 22.8. The predicted octanol–water partition coefficient (Wildman–Crippen LogP) is 5.04. The summed E-state index contributed by atoms with van der Waals surface area (Å²) in [7, 11) is 2.95. The number of rotatable bonds is 9. The molecular formula is C29H43NO5. The number of hydrogen-bond donors (Lipinski definition) is 3. The van der Waals surface area contributed by atoms with E-state index in [1.807, 2.05) is 26.8 Å². The van der Waals surface area contributed by atoms with E-state index in [0.29, 0.717) is 17.9 Å². The van der Waals surface area contributed by atoms with Crippen LogP contribution in [0.5, 0.6) is 11.6 Å². The van der Waals surface area contributed by atoms with E-state index in [4.69, 9.17) is 9.47 Å². The molecule has 0 bridgehead atoms. The number of nitrogens with one attached hydrogen (secondary N) is 1. The van der Waals surface area contributed by atoms with Crippen molar-refractivity contribution in [1.29, 1.82) is 0 Å². The number of H-pyrrole nitrogens is 1. The molecule has 1 fully saturated rings. The minimum atomic E-state index is -1.20. The highest BCUT2D eigenvalue weighted by molar-refractivity contribution is 5.40. The first kappa shape index (κ1) is 28.7. The van der Waals surface area contributed by atoms with Gasteiger partial charge < -0.3 is 24.7 Å². The van der Waals surface area contributed by atoms with Gasteiger partial charge in [-0.3, -0.25) is 4.79 Å². The molecule has 1 heterocycles. The number of ether oxygens (including phenoxy) is 2. The molecule has 1 aromatic rings. The van der Waals surface area contributed by atoms with Crippen LogP contribution in [0.3, 0.4) is 0 Å². The van der Waals surface area contributed by atoms with Crippen LogP contribution in [0.15, 0.2) is 51.9 Å². The Bertz CT molecular complexity index is 1090. The molecule has 194 valence electrons. The first-order valence-electron chi connectivity index (χ1n) is 12.2. The number of hydrogen-bond acceptors (Lipinski definition) is 5. The van der Waals surface area contributed by atoms with Gasteiger partial charge in [-0.1, -0.05) is 54.0 Å². The van der Waals surface area contributed by atoms with E-state index >= 15 is 0 Å². The van der Waals surface area contributed by atoms with Crippen molar-refractivity contribution in [3.63, 3.8) is 0 Å². The summed E-state index contributed by atoms with van der Waals surface area (Å²) in [4.78, 5) is 15.7. The summed E-state index contributed by atoms with van der Waals surface area (Å²) >= 11 is 0. The first-order chi connectivity index (χ1) is 16.3. The molecule has 1 aliphatic rings. The van der Waals surface area contributed by atoms with Crippen LogP contribution in [0, 0.1) is 24.7 Å². The maximum Gasteiger partial charge on any atom is 0.238 e. The Hall–Kier alpha value is -2.57. The lowest BCUT2D eigenvalue weighted by Gasteiger charge is -2.32. The molecule has 0 spiro atoms. The number of aliphatic hydroxyl groups excluding tert-OH is 1. The van der Waals surface area contributed by atoms with Crippen LogP contribution in [0.1, 0.15) is 59.2 Å². The average Bonchev–Trinajstić information content (AvgIpc) is 2.98. The summed E-state index contributed by atoms with van der Waals surface area (Å²) in [5.41, 5.74) is 4.32. The Balaban J connectivity index is 2.22. The van der Waals surface area contributed by atoms with Gasteiger partial charge in [-0.25, -0.2) is 0 Å². The Morgan fingerprint density at radius 2 is 1.83 bits per heavy atom. The molecule has 1 saturated carbocycles. The minimum absolute atomic E-state index is 0.0464. The molecule has 0 unspecified atom stereocenters. The van der Waals surface area contributed by atoms with Gasteiger partial charge in [0.15, 0.2) is 0 Å². The second-order valence-corrected chi connectivity index (χ2v) is 10.2. The number of allylic oxidation sites excluding steroid dienone is 6. The Labute approximate surface area is 210 Å². The van der Waals surface area contributed by atoms with E-state index in [2.05, 4.69) is 37.6 Å². The van der Waals surface area contributed by atoms with Gasteiger partial charge in [0, 0.05) is 23.6 Å². The van der Waals surface area contributed by atoms with Crippen molar-refractivity contribution in [1.82, 2.24) is 4.98 Å². The van der Waals surface area contributed by atoms with Gasteiger partial charge in [-0.2, -0.15) is 0 Å². The summed E-state index contributed by atoms with van der Waals surface area (Å²) in [5.74, 6) is 0.170. The third-order valence-corrected chi connectivity index (χ3v) is 7.55. The van der Waals surface area contributed by atoms with Crippen LogP contribution in [-0.2, 0) is 6.42 Å². The third kappa shape index (κ3) is 5.81. The predicted molar refractivity (Wildman–Crippen MR) is 142 cm³/mol. The van der Waals surface area contributed by atoms with Crippen LogP contribution in [0.25, 0.3) is 0 Å². The zero-order valence-corrected chi connectivity index (χ0v) is 22.8. The standard InChI is InChI=1S/C29H43NO5/c1-11-18(4)24-23(21(7)27(32)29(24,8)33)19(5)15-17(3)14-16(2)12-13-22-20(6)25(31)26(34-9)28(30-22)35-10/h11-12,15,21,23-24,27,32-33H,5,13-14H2,1-4,6-10H3,(H,30,31)/b16-12+,17-15+,18-11+/t21-,23-,24-,27+,29-/m0/s1. The summed E-state index contributed by atoms with van der Waals surface area (Å²) in [5, 5.41) is 21.8. The molecular weight excluding hydrogens is 442 g/mol. The third-order valence-electron chi connectivity index (χ3n) is 7.55. The van der Waals surface area contributed by atoms with Crippen LogP contribution in [-0.4, -0.2) is 41.1 Å². The van der Waals surface area contributed by atoms with Gasteiger partial charge in [0.25, 0.3) is 0 Å². The minimum Gasteiger partial charge on any atom is -0.488 e. The molecule has 5 atom stereocenters. The van der Waals surface area contributed by atoms with Crippen molar-refractivity contribution in [2.75, 3.05) is 14.2 Å². The summed E-state index contributed by atoms with van der Waals surface area (Å²) in [6, 6.07) is 0. The van der Waals surface area contributed by atoms with Crippen LogP contribution < -0.4 is 14.9 Å². The van der Waals surface area contributed by atoms with Gasteiger partial charge in [-0.15, -0.1) is 0 Å². The fraction of sp³-hybridized carbons (Fsp3) is 0.552. The zero-order chi connectivity index (χ0) is 26.7. The van der Waals surface area contributed by atoms with Gasteiger partial charge in [0.1, 0.15) is 0 Å². The Morgan fingerprint density at radius 3 is 2.37 bits per heavy atom. The Kier molecular flexibility index (Phi) is 9.37. The fourth-order valence-electron chi connectivity index (χ4n) is 5.54. The fourth-order valence-corrected chi connectivity index (χ4v) is 5.54. The monoisotopic (exact) mass is 485 g/mol. The number of aromatic amines is 1. The topological polar surface area (TPSA) is 91.8 Å². The molecule has 0 aliphatic heterocycles. The van der Waals surface area contributed by atoms with E-state index in [0.717, 1.165) is 34.4 Å². The second kappa shape index (κ2) is 11.4. The van der Waals surface area contributed by atoms with E-state index in [1.54, 1.807) is 13.8 Å². The Morgan fingerprint density at radius 1 is 1.20 bits per heavy atom. The molecule has 6 heteroatoms. The first-order valence-corrected chi connectivity index (χ1v) is 12.2. The highest BCUT2D eigenvalue weighted by atomic mass is 16.5. The van der Waals surface area contributed by atoms with Crippen LogP contribution >= 0.6 is 0 Å². The quantitative estimate of drug-likeness (QED) is 0.337. The van der Waals surface area contributed by atoms with Gasteiger partial charge in [-0.05, 0) is 59.8 Å². The summed E-state index contributed by atoms with van der Waals surface area (Å²) < 4.78 is 10.5. The molecule has 1 aromatic heterocycles. The molecule has 0 saturated heterocycles. The van der Waals surface area contributed by atoms with E-state index in [-0.39, 0.29) is 28.9 Å². The van der Waals surface area contributed by atoms with E-state index in [9.17, 15) is 15.0 Å². The summed E-state index contributed by atoms with van der Waals surface area (Å²) in [6.07, 6.45) is 6.71. The maximum absolute atomic E-state index is 12.6. The van der Waals surface area contributed by atoms with Crippen LogP contribution in [0.2, 0.25) is 0 Å². The van der Waals surface area contributed by atoms with Crippen LogP contribution in [0.4, 0.5) is 0 Å². The van der Waals surface area contributed by atoms with Crippen molar-refractivity contribution in [3.05, 3.63) is 68.6 Å². The maximum atomic E-state index is 12.6. The van der Waals surface area contributed by atoms with Crippen molar-refractivity contribution in [3.8, 4) is 11.6 Å². The van der Waals surface area contributed by atoms with E-state index in [1.165, 1.54) is 14.2 Å². The number of methoxy groups -OCH3 is 2. The lowest BCUT2D eigenvalue weighted by Crippen LogP contribution is -2.42. The lowest BCUT2D eigenvalue weighted by molar-refractivity contribution is -0.0686. The van der Waals surface area contributed by atoms with Gasteiger partial charge in [0.2, 0.25) is 17.1 Å². The second-order valence-electron chi connectivity index (χ2n) is 10.2. The smallest absolute Gasteiger partial charge is 0.238 e. The number of aliphatic hydroxyl groups is 2. The van der Waals surface area contributed by atoms with Gasteiger partial charge >= 0.3 is 0 Å². The highest BCUT2D eigenvalue weighted by Crippen LogP contribution is 2.50. The molecule has 0 aromatic carbocycles. The molecule has 0 radical (unpaired) electrons. The van der Waals surface area contributed by atoms with Crippen molar-refractivity contribution in [2.24, 2.45) is 17.8 Å². The summed E-state index contributed by atoms with van der Waals surface area (Å²) in [6.45, 7) is 17.9. The normalized spacial score (nSPS) is 27.8. The van der Waals surface area contributed by atoms with Gasteiger partial charge in [0.05, 0.1) is 25.9 Å². The molecule has 35 heavy (non-hydrogen) atoms. The average molecular weight is 486 g/mol. The van der Waals surface area contributed by atoms with Crippen molar-refractivity contribution < 1.29 is 19.7 Å². The highest BCUT2D eigenvalue weighted by Gasteiger charge is 2.55. The molecule has 6 nitrogen and oxygen atoms in total. The molecule has 1 aliphatic carbocycles.